The number of fused-ring (bicyclic) bond motifs is 1. The number of nitrogens with one attached hydrogen (secondary N) is 2. The number of nitrogens with zero attached hydrogens (tertiary/aromatic N) is 2. The van der Waals surface area contributed by atoms with Crippen LogP contribution in [0.25, 0.3) is 10.2 Å². The van der Waals surface area contributed by atoms with Gasteiger partial charge in [-0.1, -0.05) is 13.3 Å². The van der Waals surface area contributed by atoms with Gasteiger partial charge in [-0.15, -0.1) is 11.3 Å². The Morgan fingerprint density at radius 1 is 1.46 bits per heavy atom. The van der Waals surface area contributed by atoms with Crippen LogP contribution in [0.4, 0.5) is 0 Å². The number of carbonyl (C=O) groups excluding carboxylic acids is 1. The fourth-order valence-electron chi connectivity index (χ4n) is 3.07. The molecule has 0 spiro atoms. The molecule has 2 aromatic rings. The van der Waals surface area contributed by atoms with Crippen LogP contribution in [0.1, 0.15) is 48.9 Å². The Morgan fingerprint density at radius 3 is 2.96 bits per heavy atom. The molecule has 1 aliphatic rings. The molecule has 0 radical (unpaired) electrons. The Kier molecular flexibility index (Phi) is 4.80. The van der Waals surface area contributed by atoms with Crippen LogP contribution in [0.5, 0.6) is 0 Å². The number of thiophene rings is 1. The number of aryl methyl sites for hydroxylation is 2. The van der Waals surface area contributed by atoms with Crippen molar-refractivity contribution in [2.24, 2.45) is 11.0 Å². The van der Waals surface area contributed by atoms with Gasteiger partial charge in [0.1, 0.15) is 10.7 Å². The summed E-state index contributed by atoms with van der Waals surface area (Å²) in [6.45, 7) is 6.06. The van der Waals surface area contributed by atoms with Crippen LogP contribution < -0.4 is 11.0 Å². The van der Waals surface area contributed by atoms with Crippen molar-refractivity contribution in [2.45, 2.75) is 52.9 Å². The molecule has 1 saturated carbocycles. The zero-order chi connectivity index (χ0) is 17.3. The minimum Gasteiger partial charge on any atom is -0.309 e. The van der Waals surface area contributed by atoms with E-state index >= 15 is 0 Å². The summed E-state index contributed by atoms with van der Waals surface area (Å²) < 4.78 is 0. The molecule has 1 aliphatic carbocycles. The number of hydrogen-bond acceptors (Lipinski definition) is 5. The van der Waals surface area contributed by atoms with Crippen molar-refractivity contribution in [3.05, 3.63) is 26.6 Å². The minimum atomic E-state index is -0.255. The van der Waals surface area contributed by atoms with E-state index in [4.69, 9.17) is 0 Å². The van der Waals surface area contributed by atoms with Gasteiger partial charge in [-0.05, 0) is 44.6 Å². The summed E-state index contributed by atoms with van der Waals surface area (Å²) in [4.78, 5) is 33.1. The van der Waals surface area contributed by atoms with Gasteiger partial charge in [-0.25, -0.2) is 10.4 Å². The lowest BCUT2D eigenvalue weighted by Gasteiger charge is -2.03. The maximum atomic E-state index is 12.2. The molecule has 0 aromatic carbocycles. The molecule has 1 unspecified atom stereocenters. The smallest absolute Gasteiger partial charge is 0.259 e. The Morgan fingerprint density at radius 2 is 2.25 bits per heavy atom. The fourth-order valence-corrected chi connectivity index (χ4v) is 4.12. The van der Waals surface area contributed by atoms with Gasteiger partial charge in [0.15, 0.2) is 0 Å². The van der Waals surface area contributed by atoms with Gasteiger partial charge in [0.05, 0.1) is 11.8 Å². The van der Waals surface area contributed by atoms with Crippen molar-refractivity contribution < 1.29 is 4.79 Å². The van der Waals surface area contributed by atoms with Crippen molar-refractivity contribution in [1.82, 2.24) is 15.4 Å². The molecule has 0 bridgehead atoms. The Labute approximate surface area is 144 Å². The van der Waals surface area contributed by atoms with Gasteiger partial charge >= 0.3 is 0 Å². The molecule has 128 valence electrons. The minimum absolute atomic E-state index is 0.0230. The molecule has 1 atom stereocenters. The number of rotatable bonds is 4. The molecule has 2 aromatic heterocycles. The van der Waals surface area contributed by atoms with Crippen molar-refractivity contribution in [1.29, 1.82) is 0 Å². The molecule has 24 heavy (non-hydrogen) atoms. The Hall–Kier alpha value is -2.02. The molecule has 0 saturated heterocycles. The number of aromatic amines is 1. The van der Waals surface area contributed by atoms with Gasteiger partial charge in [0.2, 0.25) is 5.91 Å². The predicted octanol–water partition coefficient (Wildman–Crippen LogP) is 2.83. The van der Waals surface area contributed by atoms with Crippen LogP contribution in [-0.4, -0.2) is 21.6 Å². The SMILES string of the molecule is CCC1CC/C(=N\NC(=O)Cc2nc3sc(C)c(C)c3c(=O)[nH]2)C1. The van der Waals surface area contributed by atoms with E-state index in [1.807, 2.05) is 13.8 Å². The monoisotopic (exact) mass is 346 g/mol. The average molecular weight is 346 g/mol. The van der Waals surface area contributed by atoms with E-state index in [1.165, 1.54) is 11.3 Å². The number of hydrogen-bond donors (Lipinski definition) is 2. The molecule has 7 heteroatoms. The van der Waals surface area contributed by atoms with Crippen LogP contribution in [0.3, 0.4) is 0 Å². The fraction of sp³-hybridized carbons (Fsp3) is 0.529. The molecule has 2 heterocycles. The standard InChI is InChI=1S/C17H22N4O2S/c1-4-11-5-6-12(7-11)20-21-14(22)8-13-18-16(23)15-9(2)10(3)24-17(15)19-13/h11H,4-8H2,1-3H3,(H,21,22)(H,18,19,23)/b20-12+. The topological polar surface area (TPSA) is 87.2 Å². The average Bonchev–Trinajstić information content (AvgIpc) is 3.10. The molecule has 2 N–H and O–H groups in total. The second kappa shape index (κ2) is 6.84. The van der Waals surface area contributed by atoms with Gasteiger partial charge in [-0.3, -0.25) is 9.59 Å². The maximum absolute atomic E-state index is 12.2. The van der Waals surface area contributed by atoms with Crippen LogP contribution in [0, 0.1) is 19.8 Å². The van der Waals surface area contributed by atoms with E-state index in [9.17, 15) is 9.59 Å². The first-order valence-corrected chi connectivity index (χ1v) is 9.12. The lowest BCUT2D eigenvalue weighted by Crippen LogP contribution is -2.23. The molecular weight excluding hydrogens is 324 g/mol. The van der Waals surface area contributed by atoms with Crippen LogP contribution in [-0.2, 0) is 11.2 Å². The second-order valence-corrected chi connectivity index (χ2v) is 7.59. The molecular formula is C17H22N4O2S. The summed E-state index contributed by atoms with van der Waals surface area (Å²) in [7, 11) is 0. The van der Waals surface area contributed by atoms with Gasteiger partial charge in [0.25, 0.3) is 5.56 Å². The van der Waals surface area contributed by atoms with Gasteiger partial charge in [-0.2, -0.15) is 5.10 Å². The summed E-state index contributed by atoms with van der Waals surface area (Å²) in [5, 5.41) is 4.84. The quantitative estimate of drug-likeness (QED) is 0.835. The summed E-state index contributed by atoms with van der Waals surface area (Å²) >= 11 is 1.48. The zero-order valence-corrected chi connectivity index (χ0v) is 15.0. The largest absolute Gasteiger partial charge is 0.309 e. The van der Waals surface area contributed by atoms with E-state index < -0.39 is 0 Å². The van der Waals surface area contributed by atoms with Crippen molar-refractivity contribution >= 4 is 33.2 Å². The van der Waals surface area contributed by atoms with E-state index in [0.29, 0.717) is 22.0 Å². The predicted molar refractivity (Wildman–Crippen MR) is 96.6 cm³/mol. The van der Waals surface area contributed by atoms with E-state index in [-0.39, 0.29) is 17.9 Å². The number of H-pyrrole nitrogens is 1. The third-order valence-electron chi connectivity index (χ3n) is 4.70. The van der Waals surface area contributed by atoms with Crippen molar-refractivity contribution in [3.8, 4) is 0 Å². The normalized spacial score (nSPS) is 19.3. The van der Waals surface area contributed by atoms with Crippen LogP contribution >= 0.6 is 11.3 Å². The summed E-state index contributed by atoms with van der Waals surface area (Å²) in [6, 6.07) is 0. The van der Waals surface area contributed by atoms with E-state index in [0.717, 1.165) is 41.8 Å². The van der Waals surface area contributed by atoms with Crippen molar-refractivity contribution in [2.75, 3.05) is 0 Å². The summed E-state index contributed by atoms with van der Waals surface area (Å²) in [5.74, 6) is 0.811. The van der Waals surface area contributed by atoms with E-state index in [1.54, 1.807) is 0 Å². The molecule has 3 rings (SSSR count). The summed E-state index contributed by atoms with van der Waals surface area (Å²) in [5.41, 5.74) is 4.42. The number of amides is 1. The summed E-state index contributed by atoms with van der Waals surface area (Å²) in [6.07, 6.45) is 4.24. The van der Waals surface area contributed by atoms with Crippen LogP contribution in [0.15, 0.2) is 9.90 Å². The first kappa shape index (κ1) is 16.8. The zero-order valence-electron chi connectivity index (χ0n) is 14.2. The highest BCUT2D eigenvalue weighted by Crippen LogP contribution is 2.26. The van der Waals surface area contributed by atoms with Crippen LogP contribution in [0.2, 0.25) is 0 Å². The number of hydrazone groups is 1. The molecule has 0 aliphatic heterocycles. The second-order valence-electron chi connectivity index (χ2n) is 6.38. The third kappa shape index (κ3) is 3.40. The number of carbonyl (C=O) groups is 1. The Balaban J connectivity index is 1.70. The molecule has 6 nitrogen and oxygen atoms in total. The van der Waals surface area contributed by atoms with Gasteiger partial charge < -0.3 is 4.98 Å². The van der Waals surface area contributed by atoms with E-state index in [2.05, 4.69) is 27.4 Å². The van der Waals surface area contributed by atoms with Gasteiger partial charge in [0, 0.05) is 10.6 Å². The van der Waals surface area contributed by atoms with Crippen molar-refractivity contribution in [3.63, 3.8) is 0 Å². The number of aromatic nitrogens is 2. The highest BCUT2D eigenvalue weighted by atomic mass is 32.1. The first-order valence-electron chi connectivity index (χ1n) is 8.31. The molecule has 1 amide bonds. The Bertz CT molecular complexity index is 865. The highest BCUT2D eigenvalue weighted by molar-refractivity contribution is 7.18. The first-order chi connectivity index (χ1) is 11.5. The lowest BCUT2D eigenvalue weighted by molar-refractivity contribution is -0.120. The highest BCUT2D eigenvalue weighted by Gasteiger charge is 2.19. The molecule has 1 fully saturated rings. The lowest BCUT2D eigenvalue weighted by atomic mass is 10.1. The maximum Gasteiger partial charge on any atom is 0.259 e. The third-order valence-corrected chi connectivity index (χ3v) is 5.80.